The summed E-state index contributed by atoms with van der Waals surface area (Å²) in [5.74, 6) is -3.11. The first-order valence-corrected chi connectivity index (χ1v) is 10.9. The van der Waals surface area contributed by atoms with Crippen LogP contribution in [0.1, 0.15) is 11.1 Å². The van der Waals surface area contributed by atoms with Crippen molar-refractivity contribution in [1.29, 1.82) is 0 Å². The number of aliphatic carboxylic acids is 1. The minimum atomic E-state index is -5.08. The summed E-state index contributed by atoms with van der Waals surface area (Å²) in [6.07, 6.45) is -8.98. The number of urea groups is 1. The number of amides is 2. The molecule has 38 heavy (non-hydrogen) atoms. The number of nitrogens with one attached hydrogen (secondary N) is 3. The van der Waals surface area contributed by atoms with Crippen molar-refractivity contribution in [1.82, 2.24) is 5.32 Å². The van der Waals surface area contributed by atoms with Crippen LogP contribution in [-0.2, 0) is 17.8 Å². The molecule has 3 rings (SSSR count). The highest BCUT2D eigenvalue weighted by Gasteiger charge is 2.38. The molecule has 7 nitrogen and oxygen atoms in total. The predicted octanol–water partition coefficient (Wildman–Crippen LogP) is 6.19. The van der Waals surface area contributed by atoms with E-state index in [1.54, 1.807) is 12.1 Å². The summed E-state index contributed by atoms with van der Waals surface area (Å²) in [4.78, 5) is 21.0. The van der Waals surface area contributed by atoms with Gasteiger partial charge in [0.15, 0.2) is 0 Å². The number of alkyl halides is 6. The van der Waals surface area contributed by atoms with Crippen molar-refractivity contribution in [2.24, 2.45) is 0 Å². The third-order valence-electron chi connectivity index (χ3n) is 4.56. The molecule has 0 saturated carbocycles. The van der Waals surface area contributed by atoms with Crippen molar-refractivity contribution in [3.05, 3.63) is 90.0 Å². The topological polar surface area (TPSA) is 99.7 Å². The minimum absolute atomic E-state index is 0.341. The van der Waals surface area contributed by atoms with Crippen LogP contribution in [0, 0.1) is 0 Å². The molecule has 0 unspecified atom stereocenters. The van der Waals surface area contributed by atoms with Crippen LogP contribution in [0.3, 0.4) is 0 Å². The Labute approximate surface area is 213 Å². The first-order valence-electron chi connectivity index (χ1n) is 10.9. The monoisotopic (exact) mass is 543 g/mol. The maximum absolute atomic E-state index is 12.2. The molecule has 0 atom stereocenters. The van der Waals surface area contributed by atoms with Crippen molar-refractivity contribution in [2.45, 2.75) is 25.5 Å². The van der Waals surface area contributed by atoms with Crippen LogP contribution in [-0.4, -0.2) is 36.2 Å². The van der Waals surface area contributed by atoms with Crippen LogP contribution in [0.2, 0.25) is 0 Å². The lowest BCUT2D eigenvalue weighted by Crippen LogP contribution is -2.21. The summed E-state index contributed by atoms with van der Waals surface area (Å²) < 4.78 is 72.1. The molecule has 0 bridgehead atoms. The van der Waals surface area contributed by atoms with Crippen LogP contribution in [0.15, 0.2) is 78.9 Å². The molecule has 0 heterocycles. The van der Waals surface area contributed by atoms with E-state index in [4.69, 9.17) is 9.90 Å². The second-order valence-corrected chi connectivity index (χ2v) is 7.56. The van der Waals surface area contributed by atoms with Crippen molar-refractivity contribution in [3.8, 4) is 5.75 Å². The Balaban J connectivity index is 0.000000638. The highest BCUT2D eigenvalue weighted by Crippen LogP contribution is 2.24. The Morgan fingerprint density at radius 3 is 1.71 bits per heavy atom. The van der Waals surface area contributed by atoms with E-state index in [2.05, 4.69) is 32.8 Å². The van der Waals surface area contributed by atoms with E-state index in [0.29, 0.717) is 11.4 Å². The van der Waals surface area contributed by atoms with Gasteiger partial charge in [0, 0.05) is 17.9 Å². The van der Waals surface area contributed by atoms with Gasteiger partial charge in [-0.1, -0.05) is 42.5 Å². The highest BCUT2D eigenvalue weighted by atomic mass is 19.4. The predicted molar refractivity (Wildman–Crippen MR) is 128 cm³/mol. The molecule has 0 aliphatic heterocycles. The minimum Gasteiger partial charge on any atom is -0.475 e. The summed E-state index contributed by atoms with van der Waals surface area (Å²) in [6, 6.07) is 22.0. The van der Waals surface area contributed by atoms with Crippen LogP contribution in [0.4, 0.5) is 42.5 Å². The molecule has 204 valence electrons. The lowest BCUT2D eigenvalue weighted by Gasteiger charge is -2.11. The number of rotatable bonds is 8. The number of carbonyl (C=O) groups is 2. The number of hydrogen-bond acceptors (Lipinski definition) is 4. The quantitative estimate of drug-likeness (QED) is 0.201. The molecule has 4 N–H and O–H groups in total. The average Bonchev–Trinajstić information content (AvgIpc) is 2.84. The lowest BCUT2D eigenvalue weighted by molar-refractivity contribution is -0.274. The maximum atomic E-state index is 12.2. The normalized spacial score (nSPS) is 11.1. The van der Waals surface area contributed by atoms with Crippen molar-refractivity contribution >= 4 is 23.4 Å². The van der Waals surface area contributed by atoms with Crippen molar-refractivity contribution in [3.63, 3.8) is 0 Å². The van der Waals surface area contributed by atoms with E-state index in [1.165, 1.54) is 17.7 Å². The van der Waals surface area contributed by atoms with E-state index < -0.39 is 24.5 Å². The number of halogens is 6. The first-order chi connectivity index (χ1) is 17.8. The average molecular weight is 543 g/mol. The van der Waals surface area contributed by atoms with Crippen molar-refractivity contribution < 1.29 is 45.8 Å². The summed E-state index contributed by atoms with van der Waals surface area (Å²) in [5.41, 5.74) is 3.31. The molecule has 0 spiro atoms. The fraction of sp³-hybridized carbons (Fsp3) is 0.200. The van der Waals surface area contributed by atoms with E-state index in [0.717, 1.165) is 37.2 Å². The van der Waals surface area contributed by atoms with Gasteiger partial charge in [0.05, 0.1) is 0 Å². The molecule has 0 aromatic heterocycles. The van der Waals surface area contributed by atoms with E-state index in [9.17, 15) is 31.1 Å². The molecular weight excluding hydrogens is 520 g/mol. The molecule has 13 heteroatoms. The number of carbonyl (C=O) groups excluding carboxylic acids is 1. The third-order valence-corrected chi connectivity index (χ3v) is 4.56. The maximum Gasteiger partial charge on any atom is 0.573 e. The molecule has 3 aromatic rings. The number of hydrogen-bond donors (Lipinski definition) is 4. The molecule has 2 amide bonds. The van der Waals surface area contributed by atoms with E-state index in [1.807, 2.05) is 30.3 Å². The van der Waals surface area contributed by atoms with Gasteiger partial charge < -0.3 is 25.8 Å². The summed E-state index contributed by atoms with van der Waals surface area (Å²) in [7, 11) is 0. The van der Waals surface area contributed by atoms with Gasteiger partial charge in [-0.25, -0.2) is 9.59 Å². The van der Waals surface area contributed by atoms with Gasteiger partial charge in [0.1, 0.15) is 5.75 Å². The Morgan fingerprint density at radius 1 is 0.737 bits per heavy atom. The largest absolute Gasteiger partial charge is 0.573 e. The lowest BCUT2D eigenvalue weighted by atomic mass is 10.1. The second kappa shape index (κ2) is 13.9. The Morgan fingerprint density at radius 2 is 1.24 bits per heavy atom. The number of ether oxygens (including phenoxy) is 1. The van der Waals surface area contributed by atoms with Gasteiger partial charge in [-0.3, -0.25) is 0 Å². The molecule has 0 aliphatic rings. The molecule has 0 saturated heterocycles. The Bertz CT molecular complexity index is 1150. The standard InChI is InChI=1S/C23H22F3N3O2.C2HF3O2/c24-23(25,26)31-21-12-10-20(11-13-21)29-22(30)28-19-8-6-17(7-9-19)14-15-27-16-18-4-2-1-3-5-18;3-2(4,5)1(6)7/h1-13,27H,14-16H2,(H2,28,29,30);(H,6,7). The van der Waals surface area contributed by atoms with E-state index >= 15 is 0 Å². The first kappa shape index (κ1) is 30.0. The second-order valence-electron chi connectivity index (χ2n) is 7.56. The summed E-state index contributed by atoms with van der Waals surface area (Å²) in [5, 5.41) is 15.8. The van der Waals surface area contributed by atoms with Gasteiger partial charge in [-0.05, 0) is 60.5 Å². The zero-order valence-corrected chi connectivity index (χ0v) is 19.6. The number of benzene rings is 3. The van der Waals surface area contributed by atoms with Crippen LogP contribution in [0.25, 0.3) is 0 Å². The molecule has 0 fully saturated rings. The zero-order chi connectivity index (χ0) is 28.2. The Kier molecular flexibility index (Phi) is 10.9. The zero-order valence-electron chi connectivity index (χ0n) is 19.6. The van der Waals surface area contributed by atoms with Crippen LogP contribution in [0.5, 0.6) is 5.75 Å². The van der Waals surface area contributed by atoms with Gasteiger partial charge in [-0.2, -0.15) is 13.2 Å². The van der Waals surface area contributed by atoms with Crippen LogP contribution >= 0.6 is 0 Å². The van der Waals surface area contributed by atoms with Gasteiger partial charge in [-0.15, -0.1) is 13.2 Å². The Hall–Kier alpha value is -4.26. The van der Waals surface area contributed by atoms with Gasteiger partial charge in [0.2, 0.25) is 0 Å². The smallest absolute Gasteiger partial charge is 0.475 e. The SMILES string of the molecule is O=C(Nc1ccc(CCNCc2ccccc2)cc1)Nc1ccc(OC(F)(F)F)cc1.O=C(O)C(F)(F)F. The molecule has 0 radical (unpaired) electrons. The van der Waals surface area contributed by atoms with Crippen molar-refractivity contribution in [2.75, 3.05) is 17.2 Å². The van der Waals surface area contributed by atoms with Gasteiger partial charge >= 0.3 is 24.5 Å². The number of carboxylic acids is 1. The third kappa shape index (κ3) is 12.1. The number of anilines is 2. The molecular formula is C25H23F6N3O4. The fourth-order valence-corrected chi connectivity index (χ4v) is 2.85. The fourth-order valence-electron chi connectivity index (χ4n) is 2.85. The summed E-state index contributed by atoms with van der Waals surface area (Å²) in [6.45, 7) is 1.64. The molecule has 3 aromatic carbocycles. The van der Waals surface area contributed by atoms with Crippen LogP contribution < -0.4 is 20.7 Å². The van der Waals surface area contributed by atoms with E-state index in [-0.39, 0.29) is 5.75 Å². The van der Waals surface area contributed by atoms with Gasteiger partial charge in [0.25, 0.3) is 0 Å². The summed E-state index contributed by atoms with van der Waals surface area (Å²) >= 11 is 0. The number of carboxylic acid groups (broad SMARTS) is 1. The highest BCUT2D eigenvalue weighted by molar-refractivity contribution is 5.99. The molecule has 0 aliphatic carbocycles.